The third kappa shape index (κ3) is 4.70. The van der Waals surface area contributed by atoms with Gasteiger partial charge in [0.2, 0.25) is 5.09 Å². The van der Waals surface area contributed by atoms with Gasteiger partial charge < -0.3 is 15.5 Å². The zero-order valence-corrected chi connectivity index (χ0v) is 13.1. The molecule has 9 heteroatoms. The monoisotopic (exact) mass is 337 g/mol. The second-order valence-electron chi connectivity index (χ2n) is 5.31. The molecule has 0 aliphatic heterocycles. The highest BCUT2D eigenvalue weighted by Gasteiger charge is 2.28. The Bertz CT molecular complexity index is 593. The number of nitrogens with one attached hydrogen (secondary N) is 1. The van der Waals surface area contributed by atoms with Gasteiger partial charge in [-0.3, -0.25) is 4.79 Å². The molecule has 1 aromatic rings. The lowest BCUT2D eigenvalue weighted by Crippen LogP contribution is -2.51. The van der Waals surface area contributed by atoms with Crippen LogP contribution in [0.5, 0.6) is 0 Å². The molecule has 1 aromatic heterocycles. The summed E-state index contributed by atoms with van der Waals surface area (Å²) in [7, 11) is -3.93. The Balaban J connectivity index is 0.00000220. The van der Waals surface area contributed by atoms with Crippen molar-refractivity contribution in [2.24, 2.45) is 10.9 Å². The number of sulfonamides is 1. The summed E-state index contributed by atoms with van der Waals surface area (Å²) in [6, 6.07) is 1.11. The largest absolute Gasteiger partial charge is 0.451 e. The smallest absolute Gasteiger partial charge is 0.271 e. The van der Waals surface area contributed by atoms with E-state index in [0.717, 1.165) is 38.0 Å². The highest BCUT2D eigenvalue weighted by Crippen LogP contribution is 2.25. The van der Waals surface area contributed by atoms with Crippen molar-refractivity contribution in [3.05, 3.63) is 17.9 Å². The molecule has 7 nitrogen and oxygen atoms in total. The molecular formula is C12H20ClN3O4S. The minimum absolute atomic E-state index is 0. The van der Waals surface area contributed by atoms with Crippen LogP contribution in [-0.4, -0.2) is 26.4 Å². The Morgan fingerprint density at radius 1 is 1.33 bits per heavy atom. The predicted molar refractivity (Wildman–Crippen MR) is 79.7 cm³/mol. The van der Waals surface area contributed by atoms with Crippen LogP contribution in [0, 0.1) is 0 Å². The van der Waals surface area contributed by atoms with E-state index in [-0.39, 0.29) is 23.5 Å². The standard InChI is InChI=1S/C12H19N3O4S.ClH/c13-12(4-2-1-3-5-12)8-15-11(16)9-6-10(19-7-9)20(14,17)18;/h6-7H,1-5,8,13H2,(H,15,16)(H2,14,17,18);1H. The van der Waals surface area contributed by atoms with E-state index in [1.165, 1.54) is 6.42 Å². The van der Waals surface area contributed by atoms with Gasteiger partial charge in [-0.2, -0.15) is 0 Å². The van der Waals surface area contributed by atoms with Crippen molar-refractivity contribution in [2.75, 3.05) is 6.54 Å². The average molecular weight is 338 g/mol. The third-order valence-electron chi connectivity index (χ3n) is 3.57. The molecule has 1 amide bonds. The van der Waals surface area contributed by atoms with Gasteiger partial charge in [-0.15, -0.1) is 12.4 Å². The topological polar surface area (TPSA) is 128 Å². The van der Waals surface area contributed by atoms with Crippen LogP contribution in [0.3, 0.4) is 0 Å². The maximum absolute atomic E-state index is 11.9. The van der Waals surface area contributed by atoms with Crippen LogP contribution in [0.1, 0.15) is 42.5 Å². The molecule has 0 aromatic carbocycles. The first-order valence-corrected chi connectivity index (χ1v) is 8.03. The van der Waals surface area contributed by atoms with Crippen molar-refractivity contribution in [2.45, 2.75) is 42.7 Å². The maximum atomic E-state index is 11.9. The van der Waals surface area contributed by atoms with Gasteiger partial charge in [-0.1, -0.05) is 19.3 Å². The Hall–Kier alpha value is -1.09. The first kappa shape index (κ1) is 18.0. The van der Waals surface area contributed by atoms with Crippen LogP contribution in [0.2, 0.25) is 0 Å². The number of hydrogen-bond acceptors (Lipinski definition) is 5. The van der Waals surface area contributed by atoms with E-state index in [0.29, 0.717) is 6.54 Å². The summed E-state index contributed by atoms with van der Waals surface area (Å²) in [4.78, 5) is 11.9. The van der Waals surface area contributed by atoms with Crippen molar-refractivity contribution in [1.82, 2.24) is 5.32 Å². The zero-order chi connectivity index (χ0) is 14.8. The van der Waals surface area contributed by atoms with Gasteiger partial charge >= 0.3 is 0 Å². The van der Waals surface area contributed by atoms with Crippen molar-refractivity contribution < 1.29 is 17.6 Å². The van der Waals surface area contributed by atoms with Gasteiger partial charge in [0.25, 0.3) is 15.9 Å². The molecule has 2 rings (SSSR count). The molecule has 1 fully saturated rings. The molecule has 0 bridgehead atoms. The molecule has 0 unspecified atom stereocenters. The molecule has 0 saturated heterocycles. The number of carbonyl (C=O) groups is 1. The molecule has 0 atom stereocenters. The summed E-state index contributed by atoms with van der Waals surface area (Å²) >= 11 is 0. The molecule has 0 radical (unpaired) electrons. The number of furan rings is 1. The SMILES string of the molecule is Cl.NC1(CNC(=O)c2coc(S(N)(=O)=O)c2)CCCCC1. The number of primary sulfonamides is 1. The zero-order valence-electron chi connectivity index (χ0n) is 11.5. The van der Waals surface area contributed by atoms with E-state index in [1.807, 2.05) is 0 Å². The normalized spacial score (nSPS) is 17.8. The fourth-order valence-electron chi connectivity index (χ4n) is 2.38. The molecule has 120 valence electrons. The second-order valence-corrected chi connectivity index (χ2v) is 6.80. The summed E-state index contributed by atoms with van der Waals surface area (Å²) in [5.41, 5.74) is 5.95. The van der Waals surface area contributed by atoms with Crippen LogP contribution in [0.4, 0.5) is 0 Å². The Labute approximate surface area is 129 Å². The van der Waals surface area contributed by atoms with Gasteiger partial charge in [-0.05, 0) is 12.8 Å². The van der Waals surface area contributed by atoms with E-state index in [1.54, 1.807) is 0 Å². The number of carbonyl (C=O) groups excluding carboxylic acids is 1. The molecule has 1 aliphatic rings. The average Bonchev–Trinajstić information content (AvgIpc) is 2.86. The lowest BCUT2D eigenvalue weighted by molar-refractivity contribution is 0.0937. The molecule has 1 aliphatic carbocycles. The van der Waals surface area contributed by atoms with Gasteiger partial charge in [0.1, 0.15) is 6.26 Å². The van der Waals surface area contributed by atoms with Gasteiger partial charge in [0, 0.05) is 18.2 Å². The van der Waals surface area contributed by atoms with Crippen LogP contribution < -0.4 is 16.2 Å². The minimum Gasteiger partial charge on any atom is -0.451 e. The van der Waals surface area contributed by atoms with E-state index >= 15 is 0 Å². The number of nitrogens with two attached hydrogens (primary N) is 2. The number of amides is 1. The molecule has 5 N–H and O–H groups in total. The third-order valence-corrected chi connectivity index (χ3v) is 4.34. The summed E-state index contributed by atoms with van der Waals surface area (Å²) in [6.07, 6.45) is 6.12. The van der Waals surface area contributed by atoms with E-state index < -0.39 is 21.0 Å². The minimum atomic E-state index is -3.93. The fraction of sp³-hybridized carbons (Fsp3) is 0.583. The Morgan fingerprint density at radius 2 is 1.95 bits per heavy atom. The highest BCUT2D eigenvalue weighted by molar-refractivity contribution is 7.89. The quantitative estimate of drug-likeness (QED) is 0.746. The fourth-order valence-corrected chi connectivity index (χ4v) is 2.85. The summed E-state index contributed by atoms with van der Waals surface area (Å²) in [6.45, 7) is 0.363. The summed E-state index contributed by atoms with van der Waals surface area (Å²) in [5.74, 6) is -0.418. The molecule has 1 saturated carbocycles. The van der Waals surface area contributed by atoms with Crippen molar-refractivity contribution in [3.8, 4) is 0 Å². The van der Waals surface area contributed by atoms with Crippen LogP contribution >= 0.6 is 12.4 Å². The number of rotatable bonds is 4. The lowest BCUT2D eigenvalue weighted by Gasteiger charge is -2.33. The molecule has 21 heavy (non-hydrogen) atoms. The molecule has 0 spiro atoms. The first-order valence-electron chi connectivity index (χ1n) is 6.49. The Kier molecular flexibility index (Phi) is 5.80. The highest BCUT2D eigenvalue weighted by atomic mass is 35.5. The number of halogens is 1. The lowest BCUT2D eigenvalue weighted by atomic mass is 9.82. The van der Waals surface area contributed by atoms with E-state index in [2.05, 4.69) is 5.32 Å². The van der Waals surface area contributed by atoms with Crippen molar-refractivity contribution in [1.29, 1.82) is 0 Å². The predicted octanol–water partition coefficient (Wildman–Crippen LogP) is 0.740. The first-order chi connectivity index (χ1) is 9.30. The molecule has 1 heterocycles. The maximum Gasteiger partial charge on any atom is 0.271 e. The van der Waals surface area contributed by atoms with E-state index in [4.69, 9.17) is 15.3 Å². The van der Waals surface area contributed by atoms with Gasteiger partial charge in [0.15, 0.2) is 0 Å². The Morgan fingerprint density at radius 3 is 2.48 bits per heavy atom. The van der Waals surface area contributed by atoms with Crippen molar-refractivity contribution >= 4 is 28.3 Å². The molecular weight excluding hydrogens is 318 g/mol. The summed E-state index contributed by atoms with van der Waals surface area (Å²) in [5, 5.41) is 7.20. The summed E-state index contributed by atoms with van der Waals surface area (Å²) < 4.78 is 26.9. The van der Waals surface area contributed by atoms with Crippen molar-refractivity contribution in [3.63, 3.8) is 0 Å². The van der Waals surface area contributed by atoms with E-state index in [9.17, 15) is 13.2 Å². The van der Waals surface area contributed by atoms with Gasteiger partial charge in [0.05, 0.1) is 5.56 Å². The van der Waals surface area contributed by atoms with Crippen LogP contribution in [0.25, 0.3) is 0 Å². The van der Waals surface area contributed by atoms with Crippen LogP contribution in [0.15, 0.2) is 21.8 Å². The van der Waals surface area contributed by atoms with Gasteiger partial charge in [-0.25, -0.2) is 13.6 Å². The number of hydrogen-bond donors (Lipinski definition) is 3. The van der Waals surface area contributed by atoms with Crippen LogP contribution in [-0.2, 0) is 10.0 Å². The second kappa shape index (κ2) is 6.78.